The molecule has 102 valence electrons. The Labute approximate surface area is 118 Å². The Morgan fingerprint density at radius 1 is 1.50 bits per heavy atom. The molecule has 1 N–H and O–H groups in total. The highest BCUT2D eigenvalue weighted by molar-refractivity contribution is 5.85. The molecule has 18 heavy (non-hydrogen) atoms. The van der Waals surface area contributed by atoms with Crippen LogP contribution in [0.2, 0.25) is 0 Å². The van der Waals surface area contributed by atoms with Crippen molar-refractivity contribution in [1.82, 2.24) is 10.3 Å². The minimum absolute atomic E-state index is 0. The zero-order valence-corrected chi connectivity index (χ0v) is 11.5. The number of rotatable bonds is 2. The molecule has 2 rings (SSSR count). The van der Waals surface area contributed by atoms with Gasteiger partial charge in [-0.05, 0) is 13.0 Å². The second-order valence-electron chi connectivity index (χ2n) is 3.88. The summed E-state index contributed by atoms with van der Waals surface area (Å²) in [6.07, 6.45) is 1.31. The van der Waals surface area contributed by atoms with Crippen LogP contribution in [0, 0.1) is 10.1 Å². The van der Waals surface area contributed by atoms with Gasteiger partial charge in [0, 0.05) is 31.7 Å². The number of nitrogens with one attached hydrogen (secondary N) is 1. The number of hydrogen-bond acceptors (Lipinski definition) is 5. The Hall–Kier alpha value is -1.11. The first kappa shape index (κ1) is 16.9. The van der Waals surface area contributed by atoms with Crippen molar-refractivity contribution in [3.8, 4) is 0 Å². The Morgan fingerprint density at radius 2 is 2.22 bits per heavy atom. The van der Waals surface area contributed by atoms with E-state index in [0.717, 1.165) is 25.5 Å². The summed E-state index contributed by atoms with van der Waals surface area (Å²) in [5, 5.41) is 13.8. The number of pyridine rings is 1. The van der Waals surface area contributed by atoms with E-state index in [4.69, 9.17) is 0 Å². The van der Waals surface area contributed by atoms with Gasteiger partial charge in [0.05, 0.1) is 4.92 Å². The molecule has 1 atom stereocenters. The van der Waals surface area contributed by atoms with E-state index < -0.39 is 4.92 Å². The van der Waals surface area contributed by atoms with Crippen LogP contribution in [0.15, 0.2) is 18.3 Å². The molecule has 0 saturated carbocycles. The van der Waals surface area contributed by atoms with E-state index in [1.165, 1.54) is 12.3 Å². The molecule has 2 heterocycles. The van der Waals surface area contributed by atoms with E-state index in [2.05, 4.69) is 22.1 Å². The van der Waals surface area contributed by atoms with Gasteiger partial charge in [-0.2, -0.15) is 0 Å². The maximum atomic E-state index is 10.5. The number of nitrogens with zero attached hydrogens (tertiary/aromatic N) is 3. The summed E-state index contributed by atoms with van der Waals surface area (Å²) in [6, 6.07) is 3.57. The number of aromatic nitrogens is 1. The highest BCUT2D eigenvalue weighted by Crippen LogP contribution is 2.18. The molecule has 0 spiro atoms. The standard InChI is InChI=1S/C10H14N4O2.2ClH/c1-8-6-11-4-5-13(8)10-3-2-9(7-12-10)14(15)16;;/h2-3,7-8,11H,4-6H2,1H3;2*1H/t8-;;/m1../s1. The largest absolute Gasteiger partial charge is 0.351 e. The molecule has 1 fully saturated rings. The first-order valence-electron chi connectivity index (χ1n) is 5.26. The van der Waals surface area contributed by atoms with Crippen LogP contribution < -0.4 is 10.2 Å². The molecule has 1 aromatic rings. The summed E-state index contributed by atoms with van der Waals surface area (Å²) in [5.41, 5.74) is 0.0338. The molecule has 0 amide bonds. The van der Waals surface area contributed by atoms with Crippen LogP contribution in [0.4, 0.5) is 11.5 Å². The van der Waals surface area contributed by atoms with Crippen LogP contribution in [0.25, 0.3) is 0 Å². The minimum Gasteiger partial charge on any atom is -0.351 e. The van der Waals surface area contributed by atoms with Crippen LogP contribution in [-0.2, 0) is 0 Å². The van der Waals surface area contributed by atoms with Crippen LogP contribution >= 0.6 is 24.8 Å². The van der Waals surface area contributed by atoms with E-state index in [1.807, 2.05) is 0 Å². The van der Waals surface area contributed by atoms with E-state index in [-0.39, 0.29) is 30.5 Å². The molecule has 0 aromatic carbocycles. The fourth-order valence-electron chi connectivity index (χ4n) is 1.84. The van der Waals surface area contributed by atoms with Crippen molar-refractivity contribution in [3.05, 3.63) is 28.4 Å². The van der Waals surface area contributed by atoms with Crippen molar-refractivity contribution < 1.29 is 4.92 Å². The van der Waals surface area contributed by atoms with Crippen LogP contribution in [-0.4, -0.2) is 35.6 Å². The van der Waals surface area contributed by atoms with E-state index in [0.29, 0.717) is 6.04 Å². The molecule has 0 aliphatic carbocycles. The van der Waals surface area contributed by atoms with E-state index in [1.54, 1.807) is 6.07 Å². The number of hydrogen-bond donors (Lipinski definition) is 1. The smallest absolute Gasteiger partial charge is 0.287 e. The average Bonchev–Trinajstić information content (AvgIpc) is 2.30. The molecule has 1 aliphatic heterocycles. The second kappa shape index (κ2) is 7.35. The maximum Gasteiger partial charge on any atom is 0.287 e. The third kappa shape index (κ3) is 3.69. The van der Waals surface area contributed by atoms with Gasteiger partial charge in [-0.3, -0.25) is 10.1 Å². The molecule has 0 bridgehead atoms. The van der Waals surface area contributed by atoms with Crippen molar-refractivity contribution in [1.29, 1.82) is 0 Å². The Balaban J connectivity index is 0.00000144. The Kier molecular flexibility index (Phi) is 6.90. The summed E-state index contributed by atoms with van der Waals surface area (Å²) in [4.78, 5) is 16.3. The number of anilines is 1. The summed E-state index contributed by atoms with van der Waals surface area (Å²) >= 11 is 0. The van der Waals surface area contributed by atoms with Gasteiger partial charge in [-0.15, -0.1) is 24.8 Å². The van der Waals surface area contributed by atoms with Crippen molar-refractivity contribution in [2.45, 2.75) is 13.0 Å². The first-order valence-corrected chi connectivity index (χ1v) is 5.26. The SMILES string of the molecule is C[C@@H]1CNCCN1c1ccc([N+](=O)[O-])cn1.Cl.Cl. The number of nitro groups is 1. The highest BCUT2D eigenvalue weighted by atomic mass is 35.5. The third-order valence-electron chi connectivity index (χ3n) is 2.74. The second-order valence-corrected chi connectivity index (χ2v) is 3.88. The topological polar surface area (TPSA) is 71.3 Å². The molecule has 6 nitrogen and oxygen atoms in total. The van der Waals surface area contributed by atoms with Gasteiger partial charge in [-0.25, -0.2) is 4.98 Å². The molecule has 1 aromatic heterocycles. The fourth-order valence-corrected chi connectivity index (χ4v) is 1.84. The molecule has 1 aliphatic rings. The normalized spacial score (nSPS) is 18.5. The van der Waals surface area contributed by atoms with Gasteiger partial charge in [0.15, 0.2) is 0 Å². The van der Waals surface area contributed by atoms with Crippen LogP contribution in [0.3, 0.4) is 0 Å². The molecular formula is C10H16Cl2N4O2. The summed E-state index contributed by atoms with van der Waals surface area (Å²) in [6.45, 7) is 4.82. The minimum atomic E-state index is -0.433. The van der Waals surface area contributed by atoms with Gasteiger partial charge in [-0.1, -0.05) is 0 Å². The summed E-state index contributed by atoms with van der Waals surface area (Å²) < 4.78 is 0. The van der Waals surface area contributed by atoms with E-state index >= 15 is 0 Å². The van der Waals surface area contributed by atoms with Gasteiger partial charge in [0.25, 0.3) is 5.69 Å². The number of piperazine rings is 1. The molecular weight excluding hydrogens is 279 g/mol. The van der Waals surface area contributed by atoms with E-state index in [9.17, 15) is 10.1 Å². The third-order valence-corrected chi connectivity index (χ3v) is 2.74. The quantitative estimate of drug-likeness (QED) is 0.663. The molecule has 0 radical (unpaired) electrons. The van der Waals surface area contributed by atoms with Crippen LogP contribution in [0.5, 0.6) is 0 Å². The predicted molar refractivity (Wildman–Crippen MR) is 75.1 cm³/mol. The fraction of sp³-hybridized carbons (Fsp3) is 0.500. The van der Waals surface area contributed by atoms with Crippen molar-refractivity contribution >= 4 is 36.3 Å². The van der Waals surface area contributed by atoms with Crippen molar-refractivity contribution in [2.75, 3.05) is 24.5 Å². The molecule has 1 saturated heterocycles. The predicted octanol–water partition coefficient (Wildman–Crippen LogP) is 1.63. The van der Waals surface area contributed by atoms with Crippen molar-refractivity contribution in [3.63, 3.8) is 0 Å². The Bertz CT molecular complexity index is 388. The lowest BCUT2D eigenvalue weighted by Crippen LogP contribution is -2.50. The van der Waals surface area contributed by atoms with Gasteiger partial charge in [0.1, 0.15) is 12.0 Å². The Morgan fingerprint density at radius 3 is 2.72 bits per heavy atom. The van der Waals surface area contributed by atoms with Gasteiger partial charge < -0.3 is 10.2 Å². The highest BCUT2D eigenvalue weighted by Gasteiger charge is 2.19. The maximum absolute atomic E-state index is 10.5. The monoisotopic (exact) mass is 294 g/mol. The number of halogens is 2. The lowest BCUT2D eigenvalue weighted by atomic mass is 10.2. The van der Waals surface area contributed by atoms with Gasteiger partial charge in [0.2, 0.25) is 0 Å². The summed E-state index contributed by atoms with van der Waals surface area (Å²) in [7, 11) is 0. The summed E-state index contributed by atoms with van der Waals surface area (Å²) in [5.74, 6) is 0.805. The van der Waals surface area contributed by atoms with Crippen LogP contribution in [0.1, 0.15) is 6.92 Å². The zero-order valence-electron chi connectivity index (χ0n) is 9.91. The zero-order chi connectivity index (χ0) is 11.5. The molecule has 8 heteroatoms. The van der Waals surface area contributed by atoms with Gasteiger partial charge >= 0.3 is 0 Å². The average molecular weight is 295 g/mol. The molecule has 0 unspecified atom stereocenters. The lowest BCUT2D eigenvalue weighted by Gasteiger charge is -2.34. The lowest BCUT2D eigenvalue weighted by molar-refractivity contribution is -0.385. The first-order chi connectivity index (χ1) is 7.68. The van der Waals surface area contributed by atoms with Crippen molar-refractivity contribution in [2.24, 2.45) is 0 Å².